The summed E-state index contributed by atoms with van der Waals surface area (Å²) in [7, 11) is 0. The first-order valence-corrected chi connectivity index (χ1v) is 9.65. The highest BCUT2D eigenvalue weighted by Crippen LogP contribution is 2.22. The summed E-state index contributed by atoms with van der Waals surface area (Å²) in [6.07, 6.45) is 4.68. The number of Topliss-reactive ketones (excluding diaryl/α,β-unsaturated/α-hetero) is 1. The van der Waals surface area contributed by atoms with Crippen molar-refractivity contribution >= 4 is 23.1 Å². The summed E-state index contributed by atoms with van der Waals surface area (Å²) in [5.41, 5.74) is 2.66. The topological polar surface area (TPSA) is 54.4 Å². The number of ketones is 1. The van der Waals surface area contributed by atoms with Crippen molar-refractivity contribution in [2.24, 2.45) is 5.92 Å². The Balaban J connectivity index is 1.74. The van der Waals surface area contributed by atoms with Gasteiger partial charge in [0.15, 0.2) is 5.78 Å². The van der Waals surface area contributed by atoms with Gasteiger partial charge in [-0.15, -0.1) is 11.3 Å². The van der Waals surface area contributed by atoms with Crippen LogP contribution in [0.15, 0.2) is 36.4 Å². The molecule has 1 unspecified atom stereocenters. The highest BCUT2D eigenvalue weighted by Gasteiger charge is 2.15. The van der Waals surface area contributed by atoms with Crippen molar-refractivity contribution in [3.8, 4) is 0 Å². The first kappa shape index (κ1) is 19.4. The van der Waals surface area contributed by atoms with Gasteiger partial charge in [-0.3, -0.25) is 9.59 Å². The van der Waals surface area contributed by atoms with Gasteiger partial charge in [-0.05, 0) is 56.2 Å². The third-order valence-electron chi connectivity index (χ3n) is 4.25. The molecule has 0 fully saturated rings. The van der Waals surface area contributed by atoms with Crippen LogP contribution in [-0.2, 0) is 17.6 Å². The van der Waals surface area contributed by atoms with E-state index in [9.17, 15) is 9.59 Å². The molecule has 0 saturated heterocycles. The van der Waals surface area contributed by atoms with Crippen molar-refractivity contribution < 1.29 is 14.7 Å². The molecule has 0 spiro atoms. The standard InChI is InChI=1S/C21H26O3S/c1-15-7-9-17(10-8-15)5-3-4-6-18-11-12-20(25-18)19(22)13-16(2)14-21(23)24/h7-12,16H,3-6,13-14H2,1-2H3,(H,23,24). The molecule has 25 heavy (non-hydrogen) atoms. The first-order valence-electron chi connectivity index (χ1n) is 8.83. The second kappa shape index (κ2) is 9.52. The lowest BCUT2D eigenvalue weighted by Crippen LogP contribution is -2.09. The molecular weight excluding hydrogens is 332 g/mol. The van der Waals surface area contributed by atoms with E-state index in [-0.39, 0.29) is 18.1 Å². The van der Waals surface area contributed by atoms with Gasteiger partial charge < -0.3 is 5.11 Å². The number of carboxylic acids is 1. The Kier molecular flexibility index (Phi) is 7.38. The van der Waals surface area contributed by atoms with Gasteiger partial charge in [0.05, 0.1) is 4.88 Å². The molecule has 1 N–H and O–H groups in total. The molecule has 2 rings (SSSR count). The molecule has 4 heteroatoms. The fraction of sp³-hybridized carbons (Fsp3) is 0.429. The average molecular weight is 359 g/mol. The highest BCUT2D eigenvalue weighted by atomic mass is 32.1. The number of aliphatic carboxylic acids is 1. The molecule has 1 heterocycles. The predicted molar refractivity (Wildman–Crippen MR) is 103 cm³/mol. The van der Waals surface area contributed by atoms with E-state index in [0.717, 1.165) is 30.6 Å². The summed E-state index contributed by atoms with van der Waals surface area (Å²) in [5, 5.41) is 8.78. The van der Waals surface area contributed by atoms with E-state index in [0.29, 0.717) is 6.42 Å². The van der Waals surface area contributed by atoms with Crippen LogP contribution in [0.2, 0.25) is 0 Å². The average Bonchev–Trinajstić information content (AvgIpc) is 3.01. The quantitative estimate of drug-likeness (QED) is 0.463. The number of hydrogen-bond acceptors (Lipinski definition) is 3. The van der Waals surface area contributed by atoms with Crippen LogP contribution in [0.1, 0.15) is 58.3 Å². The van der Waals surface area contributed by atoms with Crippen LogP contribution in [0.25, 0.3) is 0 Å². The molecule has 0 aliphatic heterocycles. The Morgan fingerprint density at radius 3 is 2.36 bits per heavy atom. The van der Waals surface area contributed by atoms with E-state index in [1.165, 1.54) is 16.0 Å². The van der Waals surface area contributed by atoms with Crippen LogP contribution in [0.4, 0.5) is 0 Å². The number of rotatable bonds is 10. The van der Waals surface area contributed by atoms with E-state index in [1.54, 1.807) is 11.3 Å². The summed E-state index contributed by atoms with van der Waals surface area (Å²) in [5.74, 6) is -0.907. The van der Waals surface area contributed by atoms with Gasteiger partial charge in [-0.1, -0.05) is 36.8 Å². The van der Waals surface area contributed by atoms with Crippen LogP contribution < -0.4 is 0 Å². The van der Waals surface area contributed by atoms with Crippen LogP contribution in [-0.4, -0.2) is 16.9 Å². The minimum Gasteiger partial charge on any atom is -0.481 e. The lowest BCUT2D eigenvalue weighted by Gasteiger charge is -2.05. The van der Waals surface area contributed by atoms with Crippen molar-refractivity contribution in [2.45, 2.75) is 52.4 Å². The Morgan fingerprint density at radius 1 is 1.00 bits per heavy atom. The van der Waals surface area contributed by atoms with E-state index in [1.807, 2.05) is 19.1 Å². The van der Waals surface area contributed by atoms with Crippen molar-refractivity contribution in [3.63, 3.8) is 0 Å². The van der Waals surface area contributed by atoms with Gasteiger partial charge in [0.1, 0.15) is 0 Å². The van der Waals surface area contributed by atoms with Crippen LogP contribution in [0, 0.1) is 12.8 Å². The van der Waals surface area contributed by atoms with Gasteiger partial charge >= 0.3 is 5.97 Å². The number of thiophene rings is 1. The summed E-state index contributed by atoms with van der Waals surface area (Å²) in [6, 6.07) is 12.6. The molecule has 0 saturated carbocycles. The molecule has 1 aromatic carbocycles. The van der Waals surface area contributed by atoms with E-state index < -0.39 is 5.97 Å². The SMILES string of the molecule is Cc1ccc(CCCCc2ccc(C(=O)CC(C)CC(=O)O)s2)cc1. The van der Waals surface area contributed by atoms with Crippen molar-refractivity contribution in [1.29, 1.82) is 0 Å². The number of hydrogen-bond donors (Lipinski definition) is 1. The Bertz CT molecular complexity index is 700. The minimum absolute atomic E-state index is 0.0446. The number of unbranched alkanes of at least 4 members (excludes halogenated alkanes) is 1. The molecule has 2 aromatic rings. The van der Waals surface area contributed by atoms with Gasteiger partial charge in [0.2, 0.25) is 0 Å². The Hall–Kier alpha value is -1.94. The van der Waals surface area contributed by atoms with Gasteiger partial charge in [0.25, 0.3) is 0 Å². The molecular formula is C21H26O3S. The number of aryl methyl sites for hydroxylation is 3. The molecule has 3 nitrogen and oxygen atoms in total. The maximum absolute atomic E-state index is 12.2. The lowest BCUT2D eigenvalue weighted by molar-refractivity contribution is -0.137. The number of benzene rings is 1. The fourth-order valence-electron chi connectivity index (χ4n) is 2.83. The fourth-order valence-corrected chi connectivity index (χ4v) is 3.83. The van der Waals surface area contributed by atoms with Crippen molar-refractivity contribution in [3.05, 3.63) is 57.3 Å². The summed E-state index contributed by atoms with van der Waals surface area (Å²) < 4.78 is 0. The van der Waals surface area contributed by atoms with Gasteiger partial charge in [-0.2, -0.15) is 0 Å². The molecule has 1 atom stereocenters. The molecule has 0 aliphatic carbocycles. The Labute approximate surface area is 153 Å². The van der Waals surface area contributed by atoms with E-state index in [4.69, 9.17) is 5.11 Å². The highest BCUT2D eigenvalue weighted by molar-refractivity contribution is 7.14. The Morgan fingerprint density at radius 2 is 1.68 bits per heavy atom. The van der Waals surface area contributed by atoms with Crippen molar-refractivity contribution in [2.75, 3.05) is 0 Å². The van der Waals surface area contributed by atoms with Gasteiger partial charge in [-0.25, -0.2) is 0 Å². The zero-order chi connectivity index (χ0) is 18.2. The maximum Gasteiger partial charge on any atom is 0.303 e. The minimum atomic E-state index is -0.847. The molecule has 134 valence electrons. The number of carboxylic acid groups (broad SMARTS) is 1. The monoisotopic (exact) mass is 358 g/mol. The third kappa shape index (κ3) is 6.83. The predicted octanol–water partition coefficient (Wildman–Crippen LogP) is 5.31. The smallest absolute Gasteiger partial charge is 0.303 e. The van der Waals surface area contributed by atoms with E-state index in [2.05, 4.69) is 31.2 Å². The zero-order valence-electron chi connectivity index (χ0n) is 15.0. The molecule has 0 bridgehead atoms. The second-order valence-corrected chi connectivity index (χ2v) is 7.96. The normalized spacial score (nSPS) is 12.1. The zero-order valence-corrected chi connectivity index (χ0v) is 15.8. The molecule has 0 aliphatic rings. The molecule has 0 radical (unpaired) electrons. The lowest BCUT2D eigenvalue weighted by atomic mass is 10.0. The largest absolute Gasteiger partial charge is 0.481 e. The molecule has 0 amide bonds. The number of carbonyl (C=O) groups excluding carboxylic acids is 1. The third-order valence-corrected chi connectivity index (χ3v) is 5.44. The number of carbonyl (C=O) groups is 2. The summed E-state index contributed by atoms with van der Waals surface area (Å²) in [6.45, 7) is 3.91. The summed E-state index contributed by atoms with van der Waals surface area (Å²) >= 11 is 1.55. The van der Waals surface area contributed by atoms with Crippen LogP contribution in [0.5, 0.6) is 0 Å². The van der Waals surface area contributed by atoms with Crippen LogP contribution in [0.3, 0.4) is 0 Å². The molecule has 1 aromatic heterocycles. The van der Waals surface area contributed by atoms with Crippen LogP contribution >= 0.6 is 11.3 Å². The van der Waals surface area contributed by atoms with Gasteiger partial charge in [0, 0.05) is 17.7 Å². The first-order chi connectivity index (χ1) is 11.9. The maximum atomic E-state index is 12.2. The second-order valence-electron chi connectivity index (χ2n) is 6.79. The van der Waals surface area contributed by atoms with Crippen molar-refractivity contribution in [1.82, 2.24) is 0 Å². The summed E-state index contributed by atoms with van der Waals surface area (Å²) in [4.78, 5) is 24.9. The van der Waals surface area contributed by atoms with E-state index >= 15 is 0 Å².